The highest BCUT2D eigenvalue weighted by Crippen LogP contribution is 2.53. The van der Waals surface area contributed by atoms with Gasteiger partial charge in [-0.1, -0.05) is 0 Å². The van der Waals surface area contributed by atoms with Crippen molar-refractivity contribution in [3.63, 3.8) is 0 Å². The van der Waals surface area contributed by atoms with E-state index in [2.05, 4.69) is 28.1 Å². The van der Waals surface area contributed by atoms with E-state index in [9.17, 15) is 5.26 Å². The Balaban J connectivity index is 2.04. The minimum Gasteiger partial charge on any atom is -0.379 e. The van der Waals surface area contributed by atoms with Gasteiger partial charge >= 0.3 is 0 Å². The van der Waals surface area contributed by atoms with Gasteiger partial charge in [0.15, 0.2) is 0 Å². The number of hydrogen-bond acceptors (Lipinski definition) is 4. The molecule has 0 aliphatic carbocycles. The molecule has 0 bridgehead atoms. The topological polar surface area (TPSA) is 42.2 Å². The molecule has 0 aromatic carbocycles. The van der Waals surface area contributed by atoms with Gasteiger partial charge in [0, 0.05) is 4.88 Å². The van der Waals surface area contributed by atoms with Crippen molar-refractivity contribution in [3.05, 3.63) is 20.8 Å². The van der Waals surface area contributed by atoms with Gasteiger partial charge in [0.25, 0.3) is 0 Å². The Morgan fingerprint density at radius 1 is 1.25 bits per heavy atom. The lowest BCUT2D eigenvalue weighted by atomic mass is 9.60. The minimum absolute atomic E-state index is 0.142. The van der Waals surface area contributed by atoms with Crippen LogP contribution in [0.15, 0.2) is 15.9 Å². The highest BCUT2D eigenvalue weighted by molar-refractivity contribution is 9.11. The van der Waals surface area contributed by atoms with Crippen molar-refractivity contribution >= 4 is 27.3 Å². The van der Waals surface area contributed by atoms with E-state index >= 15 is 0 Å². The monoisotopic (exact) mass is 299 g/mol. The van der Waals surface area contributed by atoms with Gasteiger partial charge in [0.1, 0.15) is 5.41 Å². The molecular formula is C11H10BrNO2S. The highest BCUT2D eigenvalue weighted by Gasteiger charge is 2.62. The number of thiophene rings is 1. The zero-order valence-electron chi connectivity index (χ0n) is 8.53. The Morgan fingerprint density at radius 2 is 1.94 bits per heavy atom. The second-order valence-electron chi connectivity index (χ2n) is 4.37. The molecule has 2 saturated heterocycles. The first-order chi connectivity index (χ1) is 7.72. The van der Waals surface area contributed by atoms with E-state index < -0.39 is 0 Å². The molecule has 3 heterocycles. The van der Waals surface area contributed by atoms with Gasteiger partial charge in [-0.3, -0.25) is 0 Å². The van der Waals surface area contributed by atoms with Gasteiger partial charge in [0.05, 0.1) is 41.7 Å². The summed E-state index contributed by atoms with van der Waals surface area (Å²) in [5.74, 6) is 0. The largest absolute Gasteiger partial charge is 0.379 e. The fourth-order valence-electron chi connectivity index (χ4n) is 2.29. The number of nitriles is 1. The molecule has 5 heteroatoms. The Kier molecular flexibility index (Phi) is 2.37. The first kappa shape index (κ1) is 10.7. The molecule has 0 atom stereocenters. The normalized spacial score (nSPS) is 25.2. The van der Waals surface area contributed by atoms with Crippen LogP contribution in [0.5, 0.6) is 0 Å². The Labute approximate surface area is 106 Å². The molecule has 16 heavy (non-hydrogen) atoms. The molecule has 1 aromatic rings. The van der Waals surface area contributed by atoms with Crippen molar-refractivity contribution in [1.82, 2.24) is 0 Å². The number of nitrogens with zero attached hydrogens (tertiary/aromatic N) is 1. The maximum atomic E-state index is 9.41. The van der Waals surface area contributed by atoms with E-state index in [1.54, 1.807) is 11.3 Å². The lowest BCUT2D eigenvalue weighted by Gasteiger charge is -2.54. The summed E-state index contributed by atoms with van der Waals surface area (Å²) in [6.45, 7) is 2.33. The summed E-state index contributed by atoms with van der Waals surface area (Å²) in [5, 5.41) is 9.41. The molecule has 0 radical (unpaired) electrons. The SMILES string of the molecule is N#CC1(C2(c3ccc(Br)s3)COC2)COC1. The van der Waals surface area contributed by atoms with Crippen LogP contribution >= 0.6 is 27.3 Å². The average Bonchev–Trinajstić information content (AvgIpc) is 2.55. The molecule has 2 aliphatic heterocycles. The molecular weight excluding hydrogens is 290 g/mol. The summed E-state index contributed by atoms with van der Waals surface area (Å²) in [4.78, 5) is 1.23. The Bertz CT molecular complexity index is 457. The maximum absolute atomic E-state index is 9.41. The van der Waals surface area contributed by atoms with Gasteiger partial charge in [-0.05, 0) is 28.1 Å². The summed E-state index contributed by atoms with van der Waals surface area (Å²) in [5.41, 5.74) is -0.522. The van der Waals surface area contributed by atoms with E-state index in [0.29, 0.717) is 26.4 Å². The van der Waals surface area contributed by atoms with Crippen LogP contribution in [0.25, 0.3) is 0 Å². The molecule has 1 aromatic heterocycles. The first-order valence-corrected chi connectivity index (χ1v) is 6.66. The predicted octanol–water partition coefficient (Wildman–Crippen LogP) is 2.32. The number of rotatable bonds is 2. The molecule has 0 N–H and O–H groups in total. The van der Waals surface area contributed by atoms with Crippen LogP contribution in [-0.2, 0) is 14.9 Å². The summed E-state index contributed by atoms with van der Waals surface area (Å²) >= 11 is 5.16. The second-order valence-corrected chi connectivity index (χ2v) is 6.83. The molecule has 3 nitrogen and oxygen atoms in total. The smallest absolute Gasteiger partial charge is 0.119 e. The molecule has 0 spiro atoms. The standard InChI is InChI=1S/C11H10BrNO2S/c12-9-2-1-8(16-9)11(6-15-7-11)10(3-13)4-14-5-10/h1-2H,4-7H2. The second kappa shape index (κ2) is 3.54. The molecule has 3 rings (SSSR count). The van der Waals surface area contributed by atoms with E-state index in [4.69, 9.17) is 9.47 Å². The van der Waals surface area contributed by atoms with Crippen molar-refractivity contribution < 1.29 is 9.47 Å². The van der Waals surface area contributed by atoms with Crippen LogP contribution < -0.4 is 0 Å². The van der Waals surface area contributed by atoms with Crippen molar-refractivity contribution in [3.8, 4) is 6.07 Å². The molecule has 0 amide bonds. The third-order valence-electron chi connectivity index (χ3n) is 3.57. The molecule has 2 aliphatic rings. The van der Waals surface area contributed by atoms with Crippen LogP contribution in [0.2, 0.25) is 0 Å². The van der Waals surface area contributed by atoms with E-state index in [0.717, 1.165) is 3.79 Å². The zero-order valence-corrected chi connectivity index (χ0v) is 10.9. The lowest BCUT2D eigenvalue weighted by Crippen LogP contribution is -2.65. The van der Waals surface area contributed by atoms with Crippen molar-refractivity contribution in [2.75, 3.05) is 26.4 Å². The van der Waals surface area contributed by atoms with Gasteiger partial charge in [-0.2, -0.15) is 5.26 Å². The fraction of sp³-hybridized carbons (Fsp3) is 0.545. The summed E-state index contributed by atoms with van der Waals surface area (Å²) in [6.07, 6.45) is 0. The quantitative estimate of drug-likeness (QED) is 0.842. The fourth-order valence-corrected chi connectivity index (χ4v) is 3.93. The van der Waals surface area contributed by atoms with Crippen LogP contribution in [0.4, 0.5) is 0 Å². The highest BCUT2D eigenvalue weighted by atomic mass is 79.9. The zero-order chi connectivity index (χ0) is 11.2. The number of halogens is 1. The number of ether oxygens (including phenoxy) is 2. The van der Waals surface area contributed by atoms with E-state index in [1.807, 2.05) is 6.07 Å². The lowest BCUT2D eigenvalue weighted by molar-refractivity contribution is -0.200. The summed E-state index contributed by atoms with van der Waals surface area (Å²) in [6, 6.07) is 6.58. The predicted molar refractivity (Wildman–Crippen MR) is 63.4 cm³/mol. The van der Waals surface area contributed by atoms with Crippen LogP contribution in [0.3, 0.4) is 0 Å². The molecule has 0 unspecified atom stereocenters. The molecule has 84 valence electrons. The maximum Gasteiger partial charge on any atom is 0.119 e. The molecule has 0 saturated carbocycles. The van der Waals surface area contributed by atoms with Gasteiger partial charge < -0.3 is 9.47 Å². The van der Waals surface area contributed by atoms with Crippen molar-refractivity contribution in [1.29, 1.82) is 5.26 Å². The van der Waals surface area contributed by atoms with E-state index in [1.165, 1.54) is 4.88 Å². The van der Waals surface area contributed by atoms with Crippen molar-refractivity contribution in [2.24, 2.45) is 5.41 Å². The summed E-state index contributed by atoms with van der Waals surface area (Å²) < 4.78 is 11.7. The van der Waals surface area contributed by atoms with Crippen molar-refractivity contribution in [2.45, 2.75) is 5.41 Å². The van der Waals surface area contributed by atoms with Crippen LogP contribution in [0.1, 0.15) is 4.88 Å². The van der Waals surface area contributed by atoms with Crippen LogP contribution in [-0.4, -0.2) is 26.4 Å². The Hall–Kier alpha value is -0.410. The minimum atomic E-state index is -0.379. The number of hydrogen-bond donors (Lipinski definition) is 0. The molecule has 2 fully saturated rings. The van der Waals surface area contributed by atoms with Crippen LogP contribution in [0, 0.1) is 16.7 Å². The van der Waals surface area contributed by atoms with Gasteiger partial charge in [-0.15, -0.1) is 11.3 Å². The van der Waals surface area contributed by atoms with Gasteiger partial charge in [-0.25, -0.2) is 0 Å². The average molecular weight is 300 g/mol. The third kappa shape index (κ3) is 1.19. The van der Waals surface area contributed by atoms with Gasteiger partial charge in [0.2, 0.25) is 0 Å². The first-order valence-electron chi connectivity index (χ1n) is 5.05. The Morgan fingerprint density at radius 3 is 2.25 bits per heavy atom. The van der Waals surface area contributed by atoms with E-state index in [-0.39, 0.29) is 10.8 Å². The summed E-state index contributed by atoms with van der Waals surface area (Å²) in [7, 11) is 0. The third-order valence-corrected chi connectivity index (χ3v) is 5.40.